The number of aliphatic imine (C=N–C) groups is 1. The Morgan fingerprint density at radius 3 is 2.03 bits per heavy atom. The summed E-state index contributed by atoms with van der Waals surface area (Å²) in [7, 11) is 0. The average Bonchev–Trinajstić information content (AvgIpc) is 3.83. The van der Waals surface area contributed by atoms with E-state index < -0.39 is 0 Å². The van der Waals surface area contributed by atoms with E-state index in [4.69, 9.17) is 9.98 Å². The molecular formula is C69H55N3. The third-order valence-electron chi connectivity index (χ3n) is 16.9. The molecule has 0 spiro atoms. The zero-order valence-corrected chi connectivity index (χ0v) is 41.3. The van der Waals surface area contributed by atoms with Crippen LogP contribution in [-0.2, 0) is 10.8 Å². The summed E-state index contributed by atoms with van der Waals surface area (Å²) in [5, 5.41) is 2.69. The summed E-state index contributed by atoms with van der Waals surface area (Å²) in [5.41, 5.74) is 25.3. The Kier molecular flexibility index (Phi) is 9.61. The second-order valence-electron chi connectivity index (χ2n) is 21.6. The molecule has 3 nitrogen and oxygen atoms in total. The van der Waals surface area contributed by atoms with Gasteiger partial charge in [0.25, 0.3) is 0 Å². The Morgan fingerprint density at radius 1 is 0.528 bits per heavy atom. The van der Waals surface area contributed by atoms with E-state index in [9.17, 15) is 0 Å². The zero-order chi connectivity index (χ0) is 48.3. The Hall–Kier alpha value is -8.14. The molecule has 3 aliphatic carbocycles. The molecule has 0 saturated carbocycles. The molecule has 9 aromatic carbocycles. The maximum absolute atomic E-state index is 5.33. The molecule has 0 radical (unpaired) electrons. The van der Waals surface area contributed by atoms with Crippen LogP contribution in [0, 0.1) is 0 Å². The van der Waals surface area contributed by atoms with Crippen molar-refractivity contribution in [1.29, 1.82) is 0 Å². The maximum Gasteiger partial charge on any atom is 0.145 e. The van der Waals surface area contributed by atoms with Gasteiger partial charge in [0.05, 0.1) is 16.7 Å². The highest BCUT2D eigenvalue weighted by molar-refractivity contribution is 6.10. The quantitative estimate of drug-likeness (QED) is 0.163. The zero-order valence-electron chi connectivity index (χ0n) is 41.3. The number of nitrogens with zero attached hydrogens (tertiary/aromatic N) is 3. The van der Waals surface area contributed by atoms with Gasteiger partial charge in [0, 0.05) is 39.6 Å². The van der Waals surface area contributed by atoms with Gasteiger partial charge in [-0.2, -0.15) is 0 Å². The minimum Gasteiger partial charge on any atom is -0.292 e. The molecule has 1 aliphatic heterocycles. The van der Waals surface area contributed by atoms with Crippen LogP contribution in [0.5, 0.6) is 0 Å². The third-order valence-corrected chi connectivity index (χ3v) is 16.9. The highest BCUT2D eigenvalue weighted by Crippen LogP contribution is 2.57. The van der Waals surface area contributed by atoms with Gasteiger partial charge < -0.3 is 0 Å². The lowest BCUT2D eigenvalue weighted by atomic mass is 9.66. The molecule has 14 rings (SSSR count). The summed E-state index contributed by atoms with van der Waals surface area (Å²) in [6.07, 6.45) is 7.85. The molecule has 0 amide bonds. The molecule has 0 saturated heterocycles. The van der Waals surface area contributed by atoms with E-state index in [0.717, 1.165) is 58.8 Å². The topological polar surface area (TPSA) is 30.2 Å². The van der Waals surface area contributed by atoms with Crippen LogP contribution < -0.4 is 0 Å². The number of rotatable bonds is 6. The molecule has 1 aromatic heterocycles. The molecule has 2 atom stereocenters. The van der Waals surface area contributed by atoms with Crippen molar-refractivity contribution in [2.24, 2.45) is 4.99 Å². The van der Waals surface area contributed by atoms with E-state index in [1.54, 1.807) is 0 Å². The summed E-state index contributed by atoms with van der Waals surface area (Å²) in [4.78, 5) is 10.5. The fourth-order valence-corrected chi connectivity index (χ4v) is 13.1. The van der Waals surface area contributed by atoms with E-state index in [2.05, 4.69) is 245 Å². The molecular weight excluding hydrogens is 871 g/mol. The van der Waals surface area contributed by atoms with Gasteiger partial charge in [-0.15, -0.1) is 0 Å². The number of benzene rings is 9. The van der Waals surface area contributed by atoms with Crippen LogP contribution in [0.3, 0.4) is 0 Å². The van der Waals surface area contributed by atoms with Crippen LogP contribution in [0.2, 0.25) is 0 Å². The first-order valence-electron chi connectivity index (χ1n) is 25.8. The van der Waals surface area contributed by atoms with Crippen LogP contribution >= 0.6 is 0 Å². The summed E-state index contributed by atoms with van der Waals surface area (Å²) in [6.45, 7) is 9.79. The van der Waals surface area contributed by atoms with Crippen molar-refractivity contribution in [1.82, 2.24) is 9.55 Å². The van der Waals surface area contributed by atoms with Crippen LogP contribution in [0.1, 0.15) is 103 Å². The first-order valence-corrected chi connectivity index (χ1v) is 25.8. The smallest absolute Gasteiger partial charge is 0.145 e. The number of hydrogen-bond donors (Lipinski definition) is 0. The molecule has 0 bridgehead atoms. The van der Waals surface area contributed by atoms with Gasteiger partial charge in [-0.1, -0.05) is 203 Å². The number of allylic oxidation sites excluding steroid dienone is 4. The lowest BCUT2D eigenvalue weighted by molar-refractivity contribution is 0.589. The van der Waals surface area contributed by atoms with E-state index in [0.29, 0.717) is 11.8 Å². The highest BCUT2D eigenvalue weighted by atomic mass is 15.1. The Labute approximate surface area is 422 Å². The van der Waals surface area contributed by atoms with Crippen LogP contribution in [0.25, 0.3) is 66.7 Å². The van der Waals surface area contributed by atoms with Crippen molar-refractivity contribution in [3.63, 3.8) is 0 Å². The number of hydrogen-bond acceptors (Lipinski definition) is 2. The van der Waals surface area contributed by atoms with Crippen LogP contribution in [-0.4, -0.2) is 15.3 Å². The van der Waals surface area contributed by atoms with Crippen molar-refractivity contribution < 1.29 is 0 Å². The van der Waals surface area contributed by atoms with Crippen molar-refractivity contribution in [3.8, 4) is 39.3 Å². The van der Waals surface area contributed by atoms with Crippen molar-refractivity contribution in [2.75, 3.05) is 0 Å². The lowest BCUT2D eigenvalue weighted by Gasteiger charge is -2.37. The van der Waals surface area contributed by atoms with Crippen molar-refractivity contribution in [3.05, 3.63) is 262 Å². The van der Waals surface area contributed by atoms with Gasteiger partial charge in [-0.05, 0) is 145 Å². The SMILES string of the molecule is CC1(C)C2=C(C=CC(c3ccc(-c4nc5ccccc5n4-c4ccccc4)cc3)C2)c2cc3c(cc21)-c1ccc(-c2ccc(C4=Nc5ccccc5C(c5ccccc5)CC4)cc2)c2cccc(c12)C3(C)C. The van der Waals surface area contributed by atoms with Crippen molar-refractivity contribution >= 4 is 38.8 Å². The Balaban J connectivity index is 0.769. The maximum atomic E-state index is 5.33. The second-order valence-corrected chi connectivity index (χ2v) is 21.6. The molecule has 72 heavy (non-hydrogen) atoms. The summed E-state index contributed by atoms with van der Waals surface area (Å²) in [6, 6.07) is 74.0. The van der Waals surface area contributed by atoms with E-state index >= 15 is 0 Å². The van der Waals surface area contributed by atoms with Gasteiger partial charge in [0.2, 0.25) is 0 Å². The Morgan fingerprint density at radius 2 is 1.21 bits per heavy atom. The van der Waals surface area contributed by atoms with Crippen molar-refractivity contribution in [2.45, 2.75) is 69.6 Å². The molecule has 2 heterocycles. The molecule has 4 aliphatic rings. The summed E-state index contributed by atoms with van der Waals surface area (Å²) in [5.74, 6) is 1.58. The summed E-state index contributed by atoms with van der Waals surface area (Å²) >= 11 is 0. The molecule has 2 unspecified atom stereocenters. The molecule has 0 fully saturated rings. The second kappa shape index (κ2) is 16.2. The molecule has 0 N–H and O–H groups in total. The van der Waals surface area contributed by atoms with Gasteiger partial charge in [-0.3, -0.25) is 9.56 Å². The van der Waals surface area contributed by atoms with E-state index in [1.165, 1.54) is 88.7 Å². The minimum atomic E-state index is -0.192. The monoisotopic (exact) mass is 925 g/mol. The molecule has 3 heteroatoms. The minimum absolute atomic E-state index is 0.114. The van der Waals surface area contributed by atoms with E-state index in [1.807, 2.05) is 0 Å². The first-order chi connectivity index (χ1) is 35.2. The van der Waals surface area contributed by atoms with Crippen LogP contribution in [0.15, 0.2) is 223 Å². The normalized spacial score (nSPS) is 18.0. The largest absolute Gasteiger partial charge is 0.292 e. The highest BCUT2D eigenvalue weighted by Gasteiger charge is 2.43. The van der Waals surface area contributed by atoms with Gasteiger partial charge >= 0.3 is 0 Å². The van der Waals surface area contributed by atoms with Gasteiger partial charge in [0.1, 0.15) is 5.82 Å². The number of aromatic nitrogens is 2. The van der Waals surface area contributed by atoms with Gasteiger partial charge in [-0.25, -0.2) is 4.98 Å². The predicted molar refractivity (Wildman–Crippen MR) is 300 cm³/mol. The van der Waals surface area contributed by atoms with Gasteiger partial charge in [0.15, 0.2) is 0 Å². The number of fused-ring (bicyclic) bond motifs is 6. The van der Waals surface area contributed by atoms with Crippen LogP contribution in [0.4, 0.5) is 5.69 Å². The fraction of sp³-hybridized carbons (Fsp3) is 0.159. The van der Waals surface area contributed by atoms with E-state index in [-0.39, 0.29) is 10.8 Å². The fourth-order valence-electron chi connectivity index (χ4n) is 13.1. The Bertz CT molecular complexity index is 3920. The third kappa shape index (κ3) is 6.56. The predicted octanol–water partition coefficient (Wildman–Crippen LogP) is 17.7. The first kappa shape index (κ1) is 42.7. The average molecular weight is 926 g/mol. The standard InChI is InChI=1S/C69H55N3/c1-68(2)58-22-15-21-54-51(45-28-30-46(31-29-45)62-39-38-50(44-16-7-5-8-17-44)53-20-11-12-23-63(53)70-62)36-37-55(66(54)58)57-42-60-56(41-61(57)68)52-35-34-48(40-59(52)69(60,3)4)43-26-32-47(33-27-43)67-71-64-24-13-14-25-65(64)72(67)49-18-9-6-10-19-49/h5-37,41-42,48,50H,38-40H2,1-4H3. The summed E-state index contributed by atoms with van der Waals surface area (Å²) < 4.78 is 2.28. The number of para-hydroxylation sites is 4. The lowest BCUT2D eigenvalue weighted by Crippen LogP contribution is -2.25. The number of imidazole rings is 1. The molecule has 346 valence electrons. The molecule has 10 aromatic rings.